The van der Waals surface area contributed by atoms with Gasteiger partial charge in [-0.1, -0.05) is 29.3 Å². The first-order valence-electron chi connectivity index (χ1n) is 8.05. The summed E-state index contributed by atoms with van der Waals surface area (Å²) in [5, 5.41) is 5.66. The summed E-state index contributed by atoms with van der Waals surface area (Å²) >= 11 is 13.4. The zero-order valence-electron chi connectivity index (χ0n) is 15.2. The molecule has 1 N–H and O–H groups in total. The molecule has 2 heterocycles. The number of nitrogens with zero attached hydrogens (tertiary/aromatic N) is 3. The maximum absolute atomic E-state index is 12.6. The Morgan fingerprint density at radius 3 is 2.46 bits per heavy atom. The maximum Gasteiger partial charge on any atom is 0.276 e. The zero-order chi connectivity index (χ0) is 20.6. The van der Waals surface area contributed by atoms with E-state index in [1.165, 1.54) is 10.9 Å². The third kappa shape index (κ3) is 4.07. The number of carbonyl (C=O) groups is 1. The molecule has 1 aromatic carbocycles. The second-order valence-electron chi connectivity index (χ2n) is 6.05. The molecule has 0 unspecified atom stereocenters. The van der Waals surface area contributed by atoms with Crippen LogP contribution in [0.1, 0.15) is 31.6 Å². The van der Waals surface area contributed by atoms with Gasteiger partial charge in [-0.05, 0) is 31.5 Å². The van der Waals surface area contributed by atoms with Gasteiger partial charge in [0.15, 0.2) is 0 Å². The molecule has 0 saturated carbocycles. The molecular formula is C17H16Cl2N4O3S2. The van der Waals surface area contributed by atoms with Gasteiger partial charge >= 0.3 is 0 Å². The lowest BCUT2D eigenvalue weighted by Gasteiger charge is -2.06. The number of hydrogen-bond donors (Lipinski definition) is 1. The summed E-state index contributed by atoms with van der Waals surface area (Å²) in [6, 6.07) is 5.17. The van der Waals surface area contributed by atoms with E-state index >= 15 is 0 Å². The number of carbonyl (C=O) groups excluding carboxylic acids is 1. The van der Waals surface area contributed by atoms with Crippen molar-refractivity contribution in [2.75, 3.05) is 0 Å². The molecule has 7 nitrogen and oxygen atoms in total. The van der Waals surface area contributed by atoms with Crippen LogP contribution >= 0.6 is 34.5 Å². The summed E-state index contributed by atoms with van der Waals surface area (Å²) in [5.74, 6) is -0.753. The molecule has 148 valence electrons. The number of sulfonamides is 1. The number of aromatic nitrogens is 3. The maximum atomic E-state index is 12.6. The molecule has 0 saturated heterocycles. The number of rotatable bonds is 5. The van der Waals surface area contributed by atoms with Crippen LogP contribution < -0.4 is 4.72 Å². The number of aryl methyl sites for hydroxylation is 2. The zero-order valence-corrected chi connectivity index (χ0v) is 18.3. The minimum absolute atomic E-state index is 0.00376. The van der Waals surface area contributed by atoms with Crippen molar-refractivity contribution in [1.82, 2.24) is 19.5 Å². The molecular weight excluding hydrogens is 443 g/mol. The van der Waals surface area contributed by atoms with Crippen molar-refractivity contribution >= 4 is 50.5 Å². The first-order chi connectivity index (χ1) is 13.1. The Balaban J connectivity index is 1.81. The lowest BCUT2D eigenvalue weighted by molar-refractivity contribution is 0.0985. The second kappa shape index (κ2) is 7.82. The van der Waals surface area contributed by atoms with Gasteiger partial charge in [0.1, 0.15) is 9.77 Å². The average Bonchev–Trinajstić information content (AvgIpc) is 3.16. The van der Waals surface area contributed by atoms with Crippen molar-refractivity contribution in [3.05, 3.63) is 61.3 Å². The smallest absolute Gasteiger partial charge is 0.271 e. The van der Waals surface area contributed by atoms with Gasteiger partial charge < -0.3 is 0 Å². The largest absolute Gasteiger partial charge is 0.276 e. The van der Waals surface area contributed by atoms with Gasteiger partial charge in [-0.3, -0.25) is 9.48 Å². The van der Waals surface area contributed by atoms with Crippen LogP contribution in [0.25, 0.3) is 0 Å². The highest BCUT2D eigenvalue weighted by Gasteiger charge is 2.27. The van der Waals surface area contributed by atoms with Crippen molar-refractivity contribution in [2.24, 2.45) is 7.05 Å². The van der Waals surface area contributed by atoms with E-state index in [-0.39, 0.29) is 9.77 Å². The molecule has 0 fully saturated rings. The molecule has 3 rings (SSSR count). The molecule has 0 aliphatic heterocycles. The van der Waals surface area contributed by atoms with E-state index in [9.17, 15) is 13.2 Å². The molecule has 0 aliphatic rings. The van der Waals surface area contributed by atoms with Gasteiger partial charge in [0, 0.05) is 23.5 Å². The number of nitrogens with one attached hydrogen (secondary N) is 1. The number of thiazole rings is 1. The van der Waals surface area contributed by atoms with Crippen molar-refractivity contribution in [3.63, 3.8) is 0 Å². The van der Waals surface area contributed by atoms with Gasteiger partial charge in [-0.2, -0.15) is 5.10 Å². The quantitative estimate of drug-likeness (QED) is 0.630. The van der Waals surface area contributed by atoms with Gasteiger partial charge in [0.2, 0.25) is 0 Å². The summed E-state index contributed by atoms with van der Waals surface area (Å²) in [7, 11) is -2.42. The van der Waals surface area contributed by atoms with E-state index in [2.05, 4.69) is 14.8 Å². The Morgan fingerprint density at radius 2 is 1.89 bits per heavy atom. The highest BCUT2D eigenvalue weighted by molar-refractivity contribution is 7.90. The van der Waals surface area contributed by atoms with Gasteiger partial charge in [0.05, 0.1) is 22.6 Å². The second-order valence-corrected chi connectivity index (χ2v) is 9.60. The first kappa shape index (κ1) is 20.8. The molecule has 3 aromatic rings. The lowest BCUT2D eigenvalue weighted by atomic mass is 10.1. The van der Waals surface area contributed by atoms with Crippen molar-refractivity contribution in [1.29, 1.82) is 0 Å². The predicted octanol–water partition coefficient (Wildman–Crippen LogP) is 3.51. The summed E-state index contributed by atoms with van der Waals surface area (Å²) in [6.07, 6.45) is 1.67. The van der Waals surface area contributed by atoms with Crippen molar-refractivity contribution in [2.45, 2.75) is 25.2 Å². The SMILES string of the molecule is Cc1nn(C)c(C)c1S(=O)(=O)NC(=O)c1cnc(Cc2c(Cl)cccc2Cl)s1. The van der Waals surface area contributed by atoms with Crippen molar-refractivity contribution in [3.8, 4) is 0 Å². The average molecular weight is 459 g/mol. The Kier molecular flexibility index (Phi) is 5.81. The highest BCUT2D eigenvalue weighted by atomic mass is 35.5. The molecule has 0 bridgehead atoms. The predicted molar refractivity (Wildman–Crippen MR) is 109 cm³/mol. The Morgan fingerprint density at radius 1 is 1.25 bits per heavy atom. The summed E-state index contributed by atoms with van der Waals surface area (Å²) in [5.41, 5.74) is 1.45. The van der Waals surface area contributed by atoms with E-state index in [0.717, 1.165) is 11.3 Å². The fraction of sp³-hybridized carbons (Fsp3) is 0.235. The van der Waals surface area contributed by atoms with E-state index in [1.54, 1.807) is 39.1 Å². The van der Waals surface area contributed by atoms with Crippen LogP contribution in [0, 0.1) is 13.8 Å². The number of benzene rings is 1. The van der Waals surface area contributed by atoms with Gasteiger partial charge in [0.25, 0.3) is 15.9 Å². The topological polar surface area (TPSA) is 94.0 Å². The minimum atomic E-state index is -4.06. The molecule has 28 heavy (non-hydrogen) atoms. The van der Waals surface area contributed by atoms with E-state index in [0.29, 0.717) is 38.4 Å². The van der Waals surface area contributed by atoms with Gasteiger partial charge in [-0.15, -0.1) is 11.3 Å². The van der Waals surface area contributed by atoms with E-state index < -0.39 is 15.9 Å². The van der Waals surface area contributed by atoms with Gasteiger partial charge in [-0.25, -0.2) is 18.1 Å². The van der Waals surface area contributed by atoms with Crippen LogP contribution in [0.3, 0.4) is 0 Å². The monoisotopic (exact) mass is 458 g/mol. The third-order valence-electron chi connectivity index (χ3n) is 4.11. The Hall–Kier alpha value is -1.94. The molecule has 2 aromatic heterocycles. The van der Waals surface area contributed by atoms with Crippen LogP contribution in [0.5, 0.6) is 0 Å². The summed E-state index contributed by atoms with van der Waals surface area (Å²) < 4.78 is 28.8. The molecule has 0 aliphatic carbocycles. The normalized spacial score (nSPS) is 11.6. The molecule has 0 radical (unpaired) electrons. The Bertz CT molecular complexity index is 1150. The first-order valence-corrected chi connectivity index (χ1v) is 11.1. The van der Waals surface area contributed by atoms with Crippen molar-refractivity contribution < 1.29 is 13.2 Å². The number of halogens is 2. The standard InChI is InChI=1S/C17H16Cl2N4O3S2/c1-9-16(10(2)23(3)21-9)28(25,26)22-17(24)14-8-20-15(27-14)7-11-12(18)5-4-6-13(11)19/h4-6,8H,7H2,1-3H3,(H,22,24). The Labute approximate surface area is 176 Å². The third-order valence-corrected chi connectivity index (χ3v) is 7.39. The van der Waals surface area contributed by atoms with Crippen LogP contribution in [-0.2, 0) is 23.5 Å². The fourth-order valence-corrected chi connectivity index (χ4v) is 5.54. The van der Waals surface area contributed by atoms with Crippen LogP contribution in [-0.4, -0.2) is 29.1 Å². The van der Waals surface area contributed by atoms with E-state index in [1.807, 2.05) is 0 Å². The number of amides is 1. The number of hydrogen-bond acceptors (Lipinski definition) is 6. The lowest BCUT2D eigenvalue weighted by Crippen LogP contribution is -2.30. The molecule has 0 spiro atoms. The molecule has 1 amide bonds. The summed E-state index contributed by atoms with van der Waals surface area (Å²) in [4.78, 5) is 16.8. The van der Waals surface area contributed by atoms with E-state index in [4.69, 9.17) is 23.2 Å². The van der Waals surface area contributed by atoms with Crippen LogP contribution in [0.2, 0.25) is 10.0 Å². The highest BCUT2D eigenvalue weighted by Crippen LogP contribution is 2.28. The summed E-state index contributed by atoms with van der Waals surface area (Å²) in [6.45, 7) is 3.20. The molecule has 0 atom stereocenters. The van der Waals surface area contributed by atoms with Crippen LogP contribution in [0.15, 0.2) is 29.3 Å². The fourth-order valence-electron chi connectivity index (χ4n) is 2.72. The molecule has 11 heteroatoms. The minimum Gasteiger partial charge on any atom is -0.271 e. The van der Waals surface area contributed by atoms with Crippen LogP contribution in [0.4, 0.5) is 0 Å².